The Morgan fingerprint density at radius 2 is 1.88 bits per heavy atom. The van der Waals surface area contributed by atoms with Crippen LogP contribution < -0.4 is 5.73 Å². The number of carbonyl (C=O) groups excluding carboxylic acids is 1. The molecule has 0 aromatic heterocycles. The first kappa shape index (κ1) is 12.9. The molecule has 98 valence electrons. The van der Waals surface area contributed by atoms with Crippen LogP contribution in [0, 0.1) is 5.41 Å². The lowest BCUT2D eigenvalue weighted by atomic mass is 9.74. The van der Waals surface area contributed by atoms with Crippen LogP contribution in [0.25, 0.3) is 0 Å². The average Bonchev–Trinajstić information content (AvgIpc) is 2.26. The lowest BCUT2D eigenvalue weighted by Gasteiger charge is -2.43. The second-order valence-electron chi connectivity index (χ2n) is 5.99. The van der Waals surface area contributed by atoms with Gasteiger partial charge in [0.15, 0.2) is 0 Å². The minimum atomic E-state index is -0.0942. The highest BCUT2D eigenvalue weighted by molar-refractivity contribution is 5.82. The Kier molecular flexibility index (Phi) is 4.08. The Balaban J connectivity index is 2.03. The fourth-order valence-electron chi connectivity index (χ4n) is 3.18. The van der Waals surface area contributed by atoms with Crippen molar-refractivity contribution in [3.05, 3.63) is 0 Å². The zero-order valence-electron chi connectivity index (χ0n) is 11.1. The number of nitrogens with two attached hydrogens (primary N) is 1. The van der Waals surface area contributed by atoms with E-state index in [0.29, 0.717) is 18.5 Å². The van der Waals surface area contributed by atoms with Crippen molar-refractivity contribution in [2.75, 3.05) is 13.1 Å². The number of carbonyl (C=O) groups is 1. The van der Waals surface area contributed by atoms with Crippen molar-refractivity contribution in [3.8, 4) is 0 Å². The first-order valence-corrected chi connectivity index (χ1v) is 7.18. The van der Waals surface area contributed by atoms with Crippen molar-refractivity contribution in [1.82, 2.24) is 4.90 Å². The van der Waals surface area contributed by atoms with Crippen LogP contribution in [-0.2, 0) is 4.79 Å². The predicted molar refractivity (Wildman–Crippen MR) is 69.6 cm³/mol. The van der Waals surface area contributed by atoms with Gasteiger partial charge in [0.05, 0.1) is 0 Å². The summed E-state index contributed by atoms with van der Waals surface area (Å²) in [7, 11) is 0. The topological polar surface area (TPSA) is 46.3 Å². The van der Waals surface area contributed by atoms with Crippen molar-refractivity contribution in [2.45, 2.75) is 64.3 Å². The molecule has 0 heterocycles. The second-order valence-corrected chi connectivity index (χ2v) is 5.99. The van der Waals surface area contributed by atoms with Crippen molar-refractivity contribution in [3.63, 3.8) is 0 Å². The van der Waals surface area contributed by atoms with E-state index >= 15 is 0 Å². The molecule has 0 radical (unpaired) electrons. The highest BCUT2D eigenvalue weighted by Crippen LogP contribution is 2.39. The number of amides is 1. The fourth-order valence-corrected chi connectivity index (χ4v) is 3.18. The molecule has 0 aliphatic heterocycles. The van der Waals surface area contributed by atoms with Gasteiger partial charge in [-0.25, -0.2) is 0 Å². The molecule has 0 unspecified atom stereocenters. The second kappa shape index (κ2) is 5.38. The van der Waals surface area contributed by atoms with E-state index in [2.05, 4.69) is 11.8 Å². The first-order chi connectivity index (χ1) is 8.17. The number of hydrogen-bond donors (Lipinski definition) is 1. The Hall–Kier alpha value is -0.570. The predicted octanol–water partition coefficient (Wildman–Crippen LogP) is 2.30. The van der Waals surface area contributed by atoms with Crippen molar-refractivity contribution in [2.24, 2.45) is 11.1 Å². The molecule has 0 saturated heterocycles. The largest absolute Gasteiger partial charge is 0.338 e. The van der Waals surface area contributed by atoms with E-state index in [1.165, 1.54) is 38.5 Å². The van der Waals surface area contributed by atoms with Crippen LogP contribution in [0.1, 0.15) is 58.3 Å². The van der Waals surface area contributed by atoms with Crippen LogP contribution in [0.3, 0.4) is 0 Å². The molecule has 0 atom stereocenters. The lowest BCUT2D eigenvalue weighted by Crippen LogP contribution is -2.52. The summed E-state index contributed by atoms with van der Waals surface area (Å²) in [6, 6.07) is 0.491. The Morgan fingerprint density at radius 3 is 2.35 bits per heavy atom. The lowest BCUT2D eigenvalue weighted by molar-refractivity contribution is -0.147. The molecule has 0 spiro atoms. The summed E-state index contributed by atoms with van der Waals surface area (Å²) < 4.78 is 0. The van der Waals surface area contributed by atoms with Gasteiger partial charge in [-0.15, -0.1) is 0 Å². The molecule has 1 amide bonds. The quantitative estimate of drug-likeness (QED) is 0.817. The SMILES string of the molecule is CC1(C(=O)N(CCN)C2CCC2)CCCCC1. The molecule has 2 saturated carbocycles. The first-order valence-electron chi connectivity index (χ1n) is 7.18. The minimum absolute atomic E-state index is 0.0942. The Bertz CT molecular complexity index is 267. The van der Waals surface area contributed by atoms with Crippen molar-refractivity contribution >= 4 is 5.91 Å². The minimum Gasteiger partial charge on any atom is -0.338 e. The van der Waals surface area contributed by atoms with E-state index in [-0.39, 0.29) is 5.41 Å². The number of nitrogens with zero attached hydrogens (tertiary/aromatic N) is 1. The van der Waals surface area contributed by atoms with Crippen LogP contribution >= 0.6 is 0 Å². The molecule has 3 heteroatoms. The van der Waals surface area contributed by atoms with Gasteiger partial charge in [0.25, 0.3) is 0 Å². The highest BCUT2D eigenvalue weighted by Gasteiger charge is 2.40. The molecule has 0 aromatic rings. The normalized spacial score (nSPS) is 24.1. The van der Waals surface area contributed by atoms with Crippen molar-refractivity contribution in [1.29, 1.82) is 0 Å². The van der Waals surface area contributed by atoms with Gasteiger partial charge in [-0.2, -0.15) is 0 Å². The molecular formula is C14H26N2O. The standard InChI is InChI=1S/C14H26N2O/c1-14(8-3-2-4-9-14)13(17)16(11-10-15)12-6-5-7-12/h12H,2-11,15H2,1H3. The van der Waals surface area contributed by atoms with Gasteiger partial charge in [-0.3, -0.25) is 4.79 Å². The summed E-state index contributed by atoms with van der Waals surface area (Å²) in [6.45, 7) is 3.51. The van der Waals surface area contributed by atoms with Crippen LogP contribution in [0.5, 0.6) is 0 Å². The van der Waals surface area contributed by atoms with Gasteiger partial charge in [-0.1, -0.05) is 26.2 Å². The van der Waals surface area contributed by atoms with Crippen LogP contribution in [-0.4, -0.2) is 29.9 Å². The van der Waals surface area contributed by atoms with Crippen LogP contribution in [0.4, 0.5) is 0 Å². The summed E-state index contributed by atoms with van der Waals surface area (Å²) in [4.78, 5) is 14.8. The maximum atomic E-state index is 12.7. The molecule has 17 heavy (non-hydrogen) atoms. The fraction of sp³-hybridized carbons (Fsp3) is 0.929. The Labute approximate surface area is 105 Å². The monoisotopic (exact) mass is 238 g/mol. The third-order valence-corrected chi connectivity index (χ3v) is 4.62. The molecule has 0 aromatic carbocycles. The van der Waals surface area contributed by atoms with E-state index in [1.54, 1.807) is 0 Å². The van der Waals surface area contributed by atoms with E-state index < -0.39 is 0 Å². The zero-order chi connectivity index (χ0) is 12.3. The summed E-state index contributed by atoms with van der Waals surface area (Å²) in [5.41, 5.74) is 5.57. The van der Waals surface area contributed by atoms with E-state index in [1.807, 2.05) is 0 Å². The van der Waals surface area contributed by atoms with Gasteiger partial charge in [-0.05, 0) is 32.1 Å². The maximum absolute atomic E-state index is 12.7. The highest BCUT2D eigenvalue weighted by atomic mass is 16.2. The molecule has 3 nitrogen and oxygen atoms in total. The van der Waals surface area contributed by atoms with Crippen molar-refractivity contribution < 1.29 is 4.79 Å². The third-order valence-electron chi connectivity index (χ3n) is 4.62. The van der Waals surface area contributed by atoms with Crippen LogP contribution in [0.2, 0.25) is 0 Å². The number of rotatable bonds is 4. The molecule has 2 fully saturated rings. The van der Waals surface area contributed by atoms with Gasteiger partial charge >= 0.3 is 0 Å². The summed E-state index contributed by atoms with van der Waals surface area (Å²) in [5, 5.41) is 0. The van der Waals surface area contributed by atoms with E-state index in [4.69, 9.17) is 5.73 Å². The average molecular weight is 238 g/mol. The molecule has 2 aliphatic carbocycles. The van der Waals surface area contributed by atoms with Gasteiger partial charge in [0, 0.05) is 24.5 Å². The van der Waals surface area contributed by atoms with Gasteiger partial charge in [0.2, 0.25) is 5.91 Å². The maximum Gasteiger partial charge on any atom is 0.228 e. The zero-order valence-corrected chi connectivity index (χ0v) is 11.1. The summed E-state index contributed by atoms with van der Waals surface area (Å²) in [5.74, 6) is 0.382. The number of hydrogen-bond acceptors (Lipinski definition) is 2. The third kappa shape index (κ3) is 2.65. The molecule has 2 aliphatic rings. The van der Waals surface area contributed by atoms with Gasteiger partial charge in [0.1, 0.15) is 0 Å². The Morgan fingerprint density at radius 1 is 1.24 bits per heavy atom. The van der Waals surface area contributed by atoms with Gasteiger partial charge < -0.3 is 10.6 Å². The summed E-state index contributed by atoms with van der Waals surface area (Å²) in [6.07, 6.45) is 9.49. The summed E-state index contributed by atoms with van der Waals surface area (Å²) >= 11 is 0. The van der Waals surface area contributed by atoms with Crippen LogP contribution in [0.15, 0.2) is 0 Å². The molecule has 2 N–H and O–H groups in total. The molecule has 0 bridgehead atoms. The van der Waals surface area contributed by atoms with E-state index in [0.717, 1.165) is 19.4 Å². The van der Waals surface area contributed by atoms with E-state index in [9.17, 15) is 4.79 Å². The molecule has 2 rings (SSSR count). The molecular weight excluding hydrogens is 212 g/mol. The smallest absolute Gasteiger partial charge is 0.228 e.